The zero-order valence-electron chi connectivity index (χ0n) is 12.7. The Bertz CT molecular complexity index is 542. The standard InChI is InChI=1S/C16H21ClN2O3/c1-22-14-10-12(17)7-8-13(14)16(21)19-18-15(20)9-6-11-4-2-3-5-11/h7-8,10-11H,2-6,9H2,1H3,(H,18,20)(H,19,21). The number of ether oxygens (including phenoxy) is 1. The Hall–Kier alpha value is -1.75. The highest BCUT2D eigenvalue weighted by Gasteiger charge is 2.17. The number of methoxy groups -OCH3 is 1. The molecule has 1 aromatic rings. The minimum Gasteiger partial charge on any atom is -0.496 e. The van der Waals surface area contributed by atoms with E-state index in [1.165, 1.54) is 32.8 Å². The molecule has 0 bridgehead atoms. The second-order valence-electron chi connectivity index (χ2n) is 5.54. The Kier molecular flexibility index (Phi) is 6.07. The molecule has 0 saturated heterocycles. The average Bonchev–Trinajstić information content (AvgIpc) is 3.03. The molecule has 2 amide bonds. The lowest BCUT2D eigenvalue weighted by molar-refractivity contribution is -0.122. The molecule has 120 valence electrons. The number of carbonyl (C=O) groups excluding carboxylic acids is 2. The number of nitrogens with one attached hydrogen (secondary N) is 2. The number of carbonyl (C=O) groups is 2. The molecule has 5 nitrogen and oxygen atoms in total. The van der Waals surface area contributed by atoms with Crippen molar-refractivity contribution in [3.05, 3.63) is 28.8 Å². The molecule has 0 unspecified atom stereocenters. The van der Waals surface area contributed by atoms with Crippen LogP contribution in [0.3, 0.4) is 0 Å². The molecular weight excluding hydrogens is 304 g/mol. The Morgan fingerprint density at radius 2 is 2.00 bits per heavy atom. The van der Waals surface area contributed by atoms with Gasteiger partial charge in [-0.2, -0.15) is 0 Å². The second-order valence-corrected chi connectivity index (χ2v) is 5.97. The first-order valence-corrected chi connectivity index (χ1v) is 7.90. The number of hydrazine groups is 1. The molecule has 0 atom stereocenters. The number of amides is 2. The first-order chi connectivity index (χ1) is 10.6. The molecule has 0 radical (unpaired) electrons. The van der Waals surface area contributed by atoms with E-state index in [1.54, 1.807) is 18.2 Å². The van der Waals surface area contributed by atoms with E-state index < -0.39 is 5.91 Å². The molecule has 1 fully saturated rings. The van der Waals surface area contributed by atoms with E-state index in [1.807, 2.05) is 0 Å². The van der Waals surface area contributed by atoms with E-state index in [9.17, 15) is 9.59 Å². The van der Waals surface area contributed by atoms with Gasteiger partial charge in [0.25, 0.3) is 5.91 Å². The van der Waals surface area contributed by atoms with Crippen molar-refractivity contribution < 1.29 is 14.3 Å². The summed E-state index contributed by atoms with van der Waals surface area (Å²) in [5, 5.41) is 0.481. The van der Waals surface area contributed by atoms with E-state index in [0.29, 0.717) is 28.7 Å². The Labute approximate surface area is 135 Å². The van der Waals surface area contributed by atoms with Crippen LogP contribution < -0.4 is 15.6 Å². The molecule has 0 spiro atoms. The molecule has 1 aliphatic carbocycles. The maximum Gasteiger partial charge on any atom is 0.273 e. The molecular formula is C16H21ClN2O3. The van der Waals surface area contributed by atoms with Gasteiger partial charge in [0.2, 0.25) is 5.91 Å². The second kappa shape index (κ2) is 8.03. The molecule has 0 heterocycles. The van der Waals surface area contributed by atoms with Crippen molar-refractivity contribution in [3.8, 4) is 5.75 Å². The third-order valence-electron chi connectivity index (χ3n) is 3.98. The minimum atomic E-state index is -0.428. The summed E-state index contributed by atoms with van der Waals surface area (Å²) in [5.74, 6) is 0.416. The van der Waals surface area contributed by atoms with Crippen LogP contribution in [0.15, 0.2) is 18.2 Å². The summed E-state index contributed by atoms with van der Waals surface area (Å²) in [4.78, 5) is 23.8. The zero-order valence-corrected chi connectivity index (χ0v) is 13.4. The van der Waals surface area contributed by atoms with E-state index in [4.69, 9.17) is 16.3 Å². The van der Waals surface area contributed by atoms with E-state index in [0.717, 1.165) is 6.42 Å². The van der Waals surface area contributed by atoms with E-state index >= 15 is 0 Å². The molecule has 2 N–H and O–H groups in total. The van der Waals surface area contributed by atoms with Crippen molar-refractivity contribution in [1.82, 2.24) is 10.9 Å². The largest absolute Gasteiger partial charge is 0.496 e. The molecule has 6 heteroatoms. The summed E-state index contributed by atoms with van der Waals surface area (Å²) in [6, 6.07) is 4.71. The molecule has 0 aromatic heterocycles. The lowest BCUT2D eigenvalue weighted by atomic mass is 10.0. The summed E-state index contributed by atoms with van der Waals surface area (Å²) in [5.41, 5.74) is 5.17. The fraction of sp³-hybridized carbons (Fsp3) is 0.500. The number of halogens is 1. The first kappa shape index (κ1) is 16.6. The van der Waals surface area contributed by atoms with Gasteiger partial charge in [-0.3, -0.25) is 20.4 Å². The van der Waals surface area contributed by atoms with Gasteiger partial charge in [0.1, 0.15) is 5.75 Å². The maximum atomic E-state index is 12.1. The van der Waals surface area contributed by atoms with Gasteiger partial charge in [0, 0.05) is 11.4 Å². The van der Waals surface area contributed by atoms with Crippen LogP contribution in [0, 0.1) is 5.92 Å². The fourth-order valence-electron chi connectivity index (χ4n) is 2.74. The van der Waals surface area contributed by atoms with Crippen molar-refractivity contribution in [2.45, 2.75) is 38.5 Å². The van der Waals surface area contributed by atoms with Crippen LogP contribution in [0.2, 0.25) is 5.02 Å². The van der Waals surface area contributed by atoms with Gasteiger partial charge in [-0.1, -0.05) is 37.3 Å². The third-order valence-corrected chi connectivity index (χ3v) is 4.21. The maximum absolute atomic E-state index is 12.1. The van der Waals surface area contributed by atoms with Crippen LogP contribution in [0.4, 0.5) is 0 Å². The normalized spacial score (nSPS) is 14.6. The highest BCUT2D eigenvalue weighted by molar-refractivity contribution is 6.30. The van der Waals surface area contributed by atoms with Gasteiger partial charge in [-0.05, 0) is 30.5 Å². The Morgan fingerprint density at radius 3 is 2.68 bits per heavy atom. The SMILES string of the molecule is COc1cc(Cl)ccc1C(=O)NNC(=O)CCC1CCCC1. The van der Waals surface area contributed by atoms with Crippen molar-refractivity contribution in [2.24, 2.45) is 5.92 Å². The van der Waals surface area contributed by atoms with E-state index in [-0.39, 0.29) is 5.91 Å². The van der Waals surface area contributed by atoms with Crippen LogP contribution in [-0.2, 0) is 4.79 Å². The molecule has 1 aliphatic rings. The topological polar surface area (TPSA) is 67.4 Å². The van der Waals surface area contributed by atoms with Gasteiger partial charge < -0.3 is 4.74 Å². The Morgan fingerprint density at radius 1 is 1.27 bits per heavy atom. The minimum absolute atomic E-state index is 0.173. The summed E-state index contributed by atoms with van der Waals surface area (Å²) in [6.07, 6.45) is 6.26. The number of benzene rings is 1. The summed E-state index contributed by atoms with van der Waals surface area (Å²) in [6.45, 7) is 0. The first-order valence-electron chi connectivity index (χ1n) is 7.53. The number of rotatable bonds is 5. The van der Waals surface area contributed by atoms with Gasteiger partial charge in [0.05, 0.1) is 12.7 Å². The van der Waals surface area contributed by atoms with Gasteiger partial charge in [-0.25, -0.2) is 0 Å². The van der Waals surface area contributed by atoms with Crippen LogP contribution in [0.5, 0.6) is 5.75 Å². The van der Waals surface area contributed by atoms with Crippen LogP contribution in [-0.4, -0.2) is 18.9 Å². The average molecular weight is 325 g/mol. The van der Waals surface area contributed by atoms with Crippen LogP contribution in [0.25, 0.3) is 0 Å². The lowest BCUT2D eigenvalue weighted by Gasteiger charge is -2.12. The van der Waals surface area contributed by atoms with Crippen molar-refractivity contribution in [3.63, 3.8) is 0 Å². The van der Waals surface area contributed by atoms with Gasteiger partial charge in [-0.15, -0.1) is 0 Å². The molecule has 1 aromatic carbocycles. The smallest absolute Gasteiger partial charge is 0.273 e. The van der Waals surface area contributed by atoms with Gasteiger partial charge >= 0.3 is 0 Å². The fourth-order valence-corrected chi connectivity index (χ4v) is 2.91. The van der Waals surface area contributed by atoms with E-state index in [2.05, 4.69) is 10.9 Å². The monoisotopic (exact) mass is 324 g/mol. The van der Waals surface area contributed by atoms with Crippen molar-refractivity contribution >= 4 is 23.4 Å². The predicted octanol–water partition coefficient (Wildman–Crippen LogP) is 3.08. The Balaban J connectivity index is 1.80. The van der Waals surface area contributed by atoms with Gasteiger partial charge in [0.15, 0.2) is 0 Å². The summed E-state index contributed by atoms with van der Waals surface area (Å²) < 4.78 is 5.11. The van der Waals surface area contributed by atoms with Crippen molar-refractivity contribution in [1.29, 1.82) is 0 Å². The quantitative estimate of drug-likeness (QED) is 0.818. The van der Waals surface area contributed by atoms with Crippen LogP contribution in [0.1, 0.15) is 48.9 Å². The summed E-state index contributed by atoms with van der Waals surface area (Å²) >= 11 is 5.85. The number of hydrogen-bond donors (Lipinski definition) is 2. The molecule has 2 rings (SSSR count). The van der Waals surface area contributed by atoms with Crippen molar-refractivity contribution in [2.75, 3.05) is 7.11 Å². The lowest BCUT2D eigenvalue weighted by Crippen LogP contribution is -2.41. The van der Waals surface area contributed by atoms with Crippen LogP contribution >= 0.6 is 11.6 Å². The third kappa shape index (κ3) is 4.63. The highest BCUT2D eigenvalue weighted by Crippen LogP contribution is 2.28. The molecule has 22 heavy (non-hydrogen) atoms. The number of hydrogen-bond acceptors (Lipinski definition) is 3. The molecule has 1 saturated carbocycles. The molecule has 0 aliphatic heterocycles. The summed E-state index contributed by atoms with van der Waals surface area (Å²) in [7, 11) is 1.46. The zero-order chi connectivity index (χ0) is 15.9. The highest BCUT2D eigenvalue weighted by atomic mass is 35.5. The predicted molar refractivity (Wildman–Crippen MR) is 84.8 cm³/mol.